The Morgan fingerprint density at radius 3 is 2.11 bits per heavy atom. The lowest BCUT2D eigenvalue weighted by molar-refractivity contribution is 1.65. The molecule has 0 aromatic heterocycles. The maximum absolute atomic E-state index is 7.34. The SMILES string of the molecule is [2H]c1c(Cl)c([2H])c(Br)c([2H])c1Cl. The Balaban J connectivity index is 3.60. The molecule has 3 heteroatoms. The molecule has 0 radical (unpaired) electrons. The fourth-order valence-electron chi connectivity index (χ4n) is 0.383. The molecule has 0 aliphatic carbocycles. The molecule has 1 rings (SSSR count). The first-order chi connectivity index (χ1) is 5.46. The number of rotatable bonds is 0. The monoisotopic (exact) mass is 227 g/mol. The molecule has 0 saturated carbocycles. The highest BCUT2D eigenvalue weighted by Crippen LogP contribution is 2.22. The molecule has 0 amide bonds. The van der Waals surface area contributed by atoms with Gasteiger partial charge in [0.05, 0.1) is 4.11 Å². The Labute approximate surface area is 76.1 Å². The summed E-state index contributed by atoms with van der Waals surface area (Å²) in [5.74, 6) is 0. The van der Waals surface area contributed by atoms with Crippen molar-refractivity contribution in [3.8, 4) is 0 Å². The number of halogens is 3. The van der Waals surface area contributed by atoms with E-state index in [-0.39, 0.29) is 32.6 Å². The summed E-state index contributed by atoms with van der Waals surface area (Å²) in [4.78, 5) is 0. The van der Waals surface area contributed by atoms with Crippen molar-refractivity contribution in [2.45, 2.75) is 0 Å². The van der Waals surface area contributed by atoms with Crippen molar-refractivity contribution >= 4 is 39.1 Å². The molecule has 0 unspecified atom stereocenters. The van der Waals surface area contributed by atoms with Gasteiger partial charge in [-0.1, -0.05) is 39.1 Å². The van der Waals surface area contributed by atoms with Gasteiger partial charge in [0.25, 0.3) is 0 Å². The maximum atomic E-state index is 7.34. The van der Waals surface area contributed by atoms with Gasteiger partial charge in [0, 0.05) is 14.5 Å². The third kappa shape index (κ3) is 2.17. The average Bonchev–Trinajstić information content (AvgIpc) is 2.08. The molecule has 0 N–H and O–H groups in total. The Morgan fingerprint density at radius 1 is 1.22 bits per heavy atom. The van der Waals surface area contributed by atoms with E-state index in [1.807, 2.05) is 0 Å². The van der Waals surface area contributed by atoms with E-state index in [4.69, 9.17) is 27.3 Å². The lowest BCUT2D eigenvalue weighted by Crippen LogP contribution is -1.66. The first kappa shape index (κ1) is 4.22. The van der Waals surface area contributed by atoms with Gasteiger partial charge >= 0.3 is 0 Å². The zero-order valence-electron chi connectivity index (χ0n) is 7.13. The molecule has 0 nitrogen and oxygen atoms in total. The van der Waals surface area contributed by atoms with Crippen LogP contribution in [0.4, 0.5) is 0 Å². The van der Waals surface area contributed by atoms with Crippen molar-refractivity contribution in [2.24, 2.45) is 0 Å². The molecule has 1 aromatic rings. The smallest absolute Gasteiger partial charge is 0.0654 e. The number of hydrogen-bond acceptors (Lipinski definition) is 0. The lowest BCUT2D eigenvalue weighted by Gasteiger charge is -1.92. The molecule has 0 aliphatic heterocycles. The minimum absolute atomic E-state index is 0.0390. The van der Waals surface area contributed by atoms with Crippen LogP contribution < -0.4 is 0 Å². The summed E-state index contributed by atoms with van der Waals surface area (Å²) in [6, 6.07) is -0.316. The average molecular weight is 229 g/mol. The maximum Gasteiger partial charge on any atom is 0.0654 e. The van der Waals surface area contributed by atoms with Gasteiger partial charge in [-0.05, 0) is 18.1 Å². The zero-order valence-corrected chi connectivity index (χ0v) is 7.23. The molecule has 0 heterocycles. The molecule has 48 valence electrons. The van der Waals surface area contributed by atoms with Crippen molar-refractivity contribution in [2.75, 3.05) is 0 Å². The van der Waals surface area contributed by atoms with Crippen molar-refractivity contribution < 1.29 is 4.11 Å². The standard InChI is InChI=1S/C6H3BrCl2/c7-4-1-5(8)3-6(9)2-4/h1-3H/i1D,2D,3D. The predicted octanol–water partition coefficient (Wildman–Crippen LogP) is 3.76. The molecule has 0 saturated heterocycles. The van der Waals surface area contributed by atoms with Gasteiger partial charge in [0.1, 0.15) is 0 Å². The Kier molecular flexibility index (Phi) is 1.36. The highest BCUT2D eigenvalue weighted by Gasteiger charge is 1.92. The van der Waals surface area contributed by atoms with Crippen LogP contribution in [0.1, 0.15) is 4.11 Å². The summed E-state index contributed by atoms with van der Waals surface area (Å²) in [6.45, 7) is 0. The minimum Gasteiger partial charge on any atom is -0.0842 e. The molecule has 1 aromatic carbocycles. The quantitative estimate of drug-likeness (QED) is 0.635. The first-order valence-corrected chi connectivity index (χ1v) is 3.62. The van der Waals surface area contributed by atoms with Gasteiger partial charge in [-0.3, -0.25) is 0 Å². The van der Waals surface area contributed by atoms with Crippen LogP contribution in [-0.4, -0.2) is 0 Å². The van der Waals surface area contributed by atoms with Crippen LogP contribution in [-0.2, 0) is 0 Å². The molecule has 0 spiro atoms. The van der Waals surface area contributed by atoms with Crippen LogP contribution in [0, 0.1) is 0 Å². The third-order valence-corrected chi connectivity index (χ3v) is 1.43. The van der Waals surface area contributed by atoms with Gasteiger partial charge < -0.3 is 0 Å². The van der Waals surface area contributed by atoms with Crippen LogP contribution >= 0.6 is 39.1 Å². The Bertz CT molecular complexity index is 235. The molecular weight excluding hydrogens is 223 g/mol. The summed E-state index contributed by atoms with van der Waals surface area (Å²) < 4.78 is 22.2. The number of hydrogen-bond donors (Lipinski definition) is 0. The third-order valence-electron chi connectivity index (χ3n) is 0.658. The second-order valence-electron chi connectivity index (χ2n) is 1.32. The molecule has 0 aliphatic rings. The van der Waals surface area contributed by atoms with E-state index in [9.17, 15) is 0 Å². The van der Waals surface area contributed by atoms with Crippen molar-refractivity contribution in [1.29, 1.82) is 0 Å². The summed E-state index contributed by atoms with van der Waals surface area (Å²) in [5, 5.41) is -0.0780. The van der Waals surface area contributed by atoms with E-state index >= 15 is 0 Å². The van der Waals surface area contributed by atoms with Crippen molar-refractivity contribution in [3.63, 3.8) is 0 Å². The molecule has 0 fully saturated rings. The van der Waals surface area contributed by atoms with Gasteiger partial charge in [-0.25, -0.2) is 0 Å². The summed E-state index contributed by atoms with van der Waals surface area (Å²) in [6.07, 6.45) is 0. The van der Waals surface area contributed by atoms with E-state index in [0.29, 0.717) is 0 Å². The summed E-state index contributed by atoms with van der Waals surface area (Å²) in [7, 11) is 0. The van der Waals surface area contributed by atoms with Crippen LogP contribution in [0.3, 0.4) is 0 Å². The van der Waals surface area contributed by atoms with Crippen LogP contribution in [0.5, 0.6) is 0 Å². The fourth-order valence-corrected chi connectivity index (χ4v) is 1.43. The van der Waals surface area contributed by atoms with E-state index < -0.39 is 0 Å². The molecule has 9 heavy (non-hydrogen) atoms. The predicted molar refractivity (Wildman–Crippen MR) is 44.2 cm³/mol. The van der Waals surface area contributed by atoms with Gasteiger partial charge in [0.2, 0.25) is 0 Å². The van der Waals surface area contributed by atoms with Crippen molar-refractivity contribution in [1.82, 2.24) is 0 Å². The van der Waals surface area contributed by atoms with Crippen molar-refractivity contribution in [3.05, 3.63) is 32.6 Å². The fraction of sp³-hybridized carbons (Fsp3) is 0. The zero-order chi connectivity index (χ0) is 9.46. The van der Waals surface area contributed by atoms with Gasteiger partial charge in [-0.2, -0.15) is 0 Å². The first-order valence-electron chi connectivity index (χ1n) is 3.57. The second kappa shape index (κ2) is 2.91. The normalized spacial score (nSPS) is 14.3. The summed E-state index contributed by atoms with van der Waals surface area (Å²) in [5.41, 5.74) is 0. The van der Waals surface area contributed by atoms with Crippen LogP contribution in [0.2, 0.25) is 10.0 Å². The largest absolute Gasteiger partial charge is 0.0842 e. The molecule has 0 bridgehead atoms. The van der Waals surface area contributed by atoms with E-state index in [2.05, 4.69) is 15.9 Å². The molecular formula is C6H3BrCl2. The lowest BCUT2D eigenvalue weighted by atomic mass is 10.4. The minimum atomic E-state index is -0.170. The van der Waals surface area contributed by atoms with E-state index in [1.165, 1.54) is 0 Å². The highest BCUT2D eigenvalue weighted by molar-refractivity contribution is 9.10. The Hall–Kier alpha value is 0.280. The van der Waals surface area contributed by atoms with Gasteiger partial charge in [-0.15, -0.1) is 0 Å². The van der Waals surface area contributed by atoms with Crippen LogP contribution in [0.15, 0.2) is 22.6 Å². The second-order valence-corrected chi connectivity index (χ2v) is 2.87. The van der Waals surface area contributed by atoms with E-state index in [0.717, 1.165) is 0 Å². The number of benzene rings is 1. The highest BCUT2D eigenvalue weighted by atomic mass is 79.9. The topological polar surface area (TPSA) is 0 Å². The summed E-state index contributed by atoms with van der Waals surface area (Å²) >= 11 is 14.2. The molecule has 0 atom stereocenters. The van der Waals surface area contributed by atoms with Crippen LogP contribution in [0.25, 0.3) is 0 Å². The Morgan fingerprint density at radius 2 is 1.67 bits per heavy atom. The van der Waals surface area contributed by atoms with E-state index in [1.54, 1.807) is 0 Å². The van der Waals surface area contributed by atoms with Gasteiger partial charge in [0.15, 0.2) is 0 Å².